The van der Waals surface area contributed by atoms with E-state index in [1.165, 1.54) is 5.56 Å². The van der Waals surface area contributed by atoms with Gasteiger partial charge in [0.2, 0.25) is 0 Å². The zero-order chi connectivity index (χ0) is 24.0. The van der Waals surface area contributed by atoms with E-state index in [4.69, 9.17) is 9.84 Å². The van der Waals surface area contributed by atoms with E-state index in [-0.39, 0.29) is 11.7 Å². The van der Waals surface area contributed by atoms with Crippen LogP contribution in [0, 0.1) is 6.92 Å². The summed E-state index contributed by atoms with van der Waals surface area (Å²) in [7, 11) is 1.67. The Balaban J connectivity index is 1.61. The molecule has 1 aliphatic heterocycles. The van der Waals surface area contributed by atoms with Crippen molar-refractivity contribution in [3.8, 4) is 5.75 Å². The average Bonchev–Trinajstić information content (AvgIpc) is 3.40. The van der Waals surface area contributed by atoms with E-state index >= 15 is 0 Å². The molecule has 0 radical (unpaired) electrons. The molecule has 2 atom stereocenters. The predicted molar refractivity (Wildman–Crippen MR) is 140 cm³/mol. The second-order valence-electron chi connectivity index (χ2n) is 9.29. The summed E-state index contributed by atoms with van der Waals surface area (Å²) in [6.45, 7) is 2.07. The van der Waals surface area contributed by atoms with Gasteiger partial charge in [-0.1, -0.05) is 84.4 Å². The standard InChI is InChI=1S/C31H26N2O2/c1-21-12-16-25(17-13-21)33-31(20-24-10-6-7-11-27(24)30(31)34)28(22-14-18-26(35-2)19-15-22)29(32-33)23-8-4-3-5-9-23/h3-19,28H,20H2,1-2H3/t28-,31-/m0/s1. The highest BCUT2D eigenvalue weighted by atomic mass is 16.5. The molecule has 0 N–H and O–H groups in total. The lowest BCUT2D eigenvalue weighted by molar-refractivity contribution is 0.0899. The molecule has 0 fully saturated rings. The Bertz CT molecular complexity index is 1430. The second-order valence-corrected chi connectivity index (χ2v) is 9.29. The minimum Gasteiger partial charge on any atom is -0.497 e. The Morgan fingerprint density at radius 1 is 0.857 bits per heavy atom. The topological polar surface area (TPSA) is 41.9 Å². The lowest BCUT2D eigenvalue weighted by Crippen LogP contribution is -2.53. The van der Waals surface area contributed by atoms with Crippen molar-refractivity contribution in [1.29, 1.82) is 0 Å². The number of ketones is 1. The highest BCUT2D eigenvalue weighted by Gasteiger charge is 2.61. The van der Waals surface area contributed by atoms with Gasteiger partial charge >= 0.3 is 0 Å². The van der Waals surface area contributed by atoms with Gasteiger partial charge < -0.3 is 4.74 Å². The number of methoxy groups -OCH3 is 1. The van der Waals surface area contributed by atoms with Gasteiger partial charge in [-0.15, -0.1) is 0 Å². The average molecular weight is 459 g/mol. The monoisotopic (exact) mass is 458 g/mol. The molecule has 6 rings (SSSR count). The lowest BCUT2D eigenvalue weighted by Gasteiger charge is -2.37. The molecular formula is C31H26N2O2. The van der Waals surface area contributed by atoms with Crippen LogP contribution >= 0.6 is 0 Å². The third-order valence-electron chi connectivity index (χ3n) is 7.25. The van der Waals surface area contributed by atoms with Crippen molar-refractivity contribution in [2.24, 2.45) is 5.10 Å². The van der Waals surface area contributed by atoms with Gasteiger partial charge in [-0.3, -0.25) is 4.79 Å². The van der Waals surface area contributed by atoms with Crippen LogP contribution in [0.2, 0.25) is 0 Å². The smallest absolute Gasteiger partial charge is 0.192 e. The number of hydrogen-bond acceptors (Lipinski definition) is 4. The Morgan fingerprint density at radius 3 is 2.23 bits per heavy atom. The number of nitrogens with zero attached hydrogens (tertiary/aromatic N) is 2. The number of benzene rings is 4. The van der Waals surface area contributed by atoms with E-state index in [1.54, 1.807) is 7.11 Å². The molecule has 1 spiro atoms. The Hall–Kier alpha value is -4.18. The first kappa shape index (κ1) is 21.4. The number of rotatable bonds is 4. The lowest BCUT2D eigenvalue weighted by atomic mass is 9.72. The molecule has 4 aromatic rings. The molecule has 2 aliphatic rings. The molecule has 0 aromatic heterocycles. The minimum atomic E-state index is -0.890. The number of carbonyl (C=O) groups is 1. The molecule has 172 valence electrons. The van der Waals surface area contributed by atoms with Crippen LogP contribution in [0.15, 0.2) is 108 Å². The molecule has 4 aromatic carbocycles. The second kappa shape index (κ2) is 8.24. The summed E-state index contributed by atoms with van der Waals surface area (Å²) in [5, 5.41) is 7.22. The van der Waals surface area contributed by atoms with Crippen molar-refractivity contribution in [3.05, 3.63) is 131 Å². The van der Waals surface area contributed by atoms with E-state index in [1.807, 2.05) is 53.5 Å². The molecule has 4 nitrogen and oxygen atoms in total. The Morgan fingerprint density at radius 2 is 1.54 bits per heavy atom. The molecule has 0 saturated carbocycles. The number of anilines is 1. The number of Topliss-reactive ketones (excluding diaryl/α,β-unsaturated/α-hetero) is 1. The van der Waals surface area contributed by atoms with E-state index in [2.05, 4.69) is 61.5 Å². The van der Waals surface area contributed by atoms with Crippen molar-refractivity contribution >= 4 is 17.2 Å². The van der Waals surface area contributed by atoms with Gasteiger partial charge in [0.25, 0.3) is 0 Å². The SMILES string of the molecule is COc1ccc([C@H]2C(c3ccccc3)=NN(c3ccc(C)cc3)[C@@]23Cc2ccccc2C3=O)cc1. The summed E-state index contributed by atoms with van der Waals surface area (Å²) < 4.78 is 5.43. The zero-order valence-electron chi connectivity index (χ0n) is 19.8. The van der Waals surface area contributed by atoms with E-state index in [0.717, 1.165) is 39.4 Å². The Labute approximate surface area is 205 Å². The molecule has 35 heavy (non-hydrogen) atoms. The van der Waals surface area contributed by atoms with Crippen molar-refractivity contribution in [2.45, 2.75) is 24.8 Å². The fourth-order valence-electron chi connectivity index (χ4n) is 5.54. The van der Waals surface area contributed by atoms with Crippen molar-refractivity contribution in [3.63, 3.8) is 0 Å². The molecule has 0 amide bonds. The van der Waals surface area contributed by atoms with Gasteiger partial charge in [0.15, 0.2) is 5.78 Å². The maximum atomic E-state index is 14.4. The zero-order valence-corrected chi connectivity index (χ0v) is 19.8. The highest BCUT2D eigenvalue weighted by molar-refractivity contribution is 6.19. The van der Waals surface area contributed by atoms with E-state index in [0.29, 0.717) is 6.42 Å². The van der Waals surface area contributed by atoms with Crippen molar-refractivity contribution < 1.29 is 9.53 Å². The van der Waals surface area contributed by atoms with Crippen molar-refractivity contribution in [2.75, 3.05) is 12.1 Å². The molecule has 0 unspecified atom stereocenters. The van der Waals surface area contributed by atoms with Gasteiger partial charge in [-0.25, -0.2) is 5.01 Å². The van der Waals surface area contributed by atoms with Crippen LogP contribution in [0.25, 0.3) is 0 Å². The predicted octanol–water partition coefficient (Wildman–Crippen LogP) is 6.19. The highest BCUT2D eigenvalue weighted by Crippen LogP contribution is 2.51. The van der Waals surface area contributed by atoms with Crippen molar-refractivity contribution in [1.82, 2.24) is 0 Å². The van der Waals surface area contributed by atoms with Crippen LogP contribution in [0.3, 0.4) is 0 Å². The maximum Gasteiger partial charge on any atom is 0.192 e. The summed E-state index contributed by atoms with van der Waals surface area (Å²) in [5.74, 6) is 0.650. The fourth-order valence-corrected chi connectivity index (χ4v) is 5.54. The largest absolute Gasteiger partial charge is 0.497 e. The van der Waals surface area contributed by atoms with Gasteiger partial charge in [-0.05, 0) is 47.9 Å². The van der Waals surface area contributed by atoms with Crippen LogP contribution in [0.1, 0.15) is 38.5 Å². The molecule has 0 saturated heterocycles. The fraction of sp³-hybridized carbons (Fsp3) is 0.161. The summed E-state index contributed by atoms with van der Waals surface area (Å²) >= 11 is 0. The minimum absolute atomic E-state index is 0.115. The van der Waals surface area contributed by atoms with Crippen LogP contribution in [0.5, 0.6) is 5.75 Å². The third-order valence-corrected chi connectivity index (χ3v) is 7.25. The number of fused-ring (bicyclic) bond motifs is 1. The van der Waals surface area contributed by atoms with Gasteiger partial charge in [-0.2, -0.15) is 5.10 Å². The summed E-state index contributed by atoms with van der Waals surface area (Å²) in [6, 6.07) is 34.5. The Kier molecular flexibility index (Phi) is 5.03. The van der Waals surface area contributed by atoms with E-state index in [9.17, 15) is 4.79 Å². The van der Waals surface area contributed by atoms with Gasteiger partial charge in [0.1, 0.15) is 11.3 Å². The summed E-state index contributed by atoms with van der Waals surface area (Å²) in [5.41, 5.74) is 6.01. The molecule has 4 heteroatoms. The van der Waals surface area contributed by atoms with Crippen LogP contribution in [-0.4, -0.2) is 24.1 Å². The number of hydrazone groups is 1. The normalized spacial score (nSPS) is 20.7. The molecule has 0 bridgehead atoms. The molecule has 1 heterocycles. The first-order chi connectivity index (χ1) is 17.1. The summed E-state index contributed by atoms with van der Waals surface area (Å²) in [6.07, 6.45) is 0.590. The number of carbonyl (C=O) groups excluding carboxylic acids is 1. The first-order valence-corrected chi connectivity index (χ1v) is 11.9. The molecule has 1 aliphatic carbocycles. The van der Waals surface area contributed by atoms with Crippen LogP contribution in [-0.2, 0) is 6.42 Å². The van der Waals surface area contributed by atoms with Crippen LogP contribution < -0.4 is 9.75 Å². The maximum absolute atomic E-state index is 14.4. The first-order valence-electron chi connectivity index (χ1n) is 11.9. The third kappa shape index (κ3) is 3.28. The number of ether oxygens (including phenoxy) is 1. The quantitative estimate of drug-likeness (QED) is 0.366. The van der Waals surface area contributed by atoms with E-state index < -0.39 is 5.54 Å². The van der Waals surface area contributed by atoms with Gasteiger partial charge in [0, 0.05) is 12.0 Å². The number of aryl methyl sites for hydroxylation is 1. The summed E-state index contributed by atoms with van der Waals surface area (Å²) in [4.78, 5) is 14.4. The van der Waals surface area contributed by atoms with Gasteiger partial charge in [0.05, 0.1) is 24.4 Å². The number of hydrogen-bond donors (Lipinski definition) is 0. The van der Waals surface area contributed by atoms with Crippen LogP contribution in [0.4, 0.5) is 5.69 Å². The molecular weight excluding hydrogens is 432 g/mol.